The van der Waals surface area contributed by atoms with E-state index in [9.17, 15) is 140 Å². The summed E-state index contributed by atoms with van der Waals surface area (Å²) in [5, 5.41) is 0. The Hall–Kier alpha value is -2.10. The first-order valence-corrected chi connectivity index (χ1v) is 11.7. The molecule has 0 aromatic heterocycles. The van der Waals surface area contributed by atoms with Gasteiger partial charge in [0, 0.05) is 0 Å². The molecule has 0 amide bonds. The van der Waals surface area contributed by atoms with Gasteiger partial charge in [-0.05, 0) is 0 Å². The summed E-state index contributed by atoms with van der Waals surface area (Å²) in [6.07, 6.45) is -44.4. The molecule has 0 N–H and O–H groups in total. The second kappa shape index (κ2) is 11.4. The summed E-state index contributed by atoms with van der Waals surface area (Å²) in [6, 6.07) is 0. The molecule has 0 aromatic carbocycles. The Morgan fingerprint density at radius 2 is 0.551 bits per heavy atom. The van der Waals surface area contributed by atoms with Crippen LogP contribution in [0.5, 0.6) is 0 Å². The third-order valence-electron chi connectivity index (χ3n) is 5.12. The second-order valence-electron chi connectivity index (χ2n) is 8.44. The van der Waals surface area contributed by atoms with Crippen molar-refractivity contribution in [2.45, 2.75) is 83.5 Å². The lowest BCUT2D eigenvalue weighted by atomic mass is 9.90. The van der Waals surface area contributed by atoms with E-state index in [1.54, 1.807) is 0 Å². The molecule has 0 aliphatic heterocycles. The minimum absolute atomic E-state index is 0.676. The highest BCUT2D eigenvalue weighted by Crippen LogP contribution is 2.67. The van der Waals surface area contributed by atoms with Crippen LogP contribution in [0.4, 0.5) is 140 Å². The van der Waals surface area contributed by atoms with Gasteiger partial charge >= 0.3 is 92.1 Å². The zero-order valence-corrected chi connectivity index (χ0v) is 21.4. The Morgan fingerprint density at radius 3 is 0.796 bits per heavy atom. The molecule has 0 aromatic rings. The van der Waals surface area contributed by atoms with Crippen molar-refractivity contribution >= 4 is 8.56 Å². The van der Waals surface area contributed by atoms with Gasteiger partial charge in [0.25, 0.3) is 0 Å². The molecule has 0 aliphatic rings. The standard InChI is InChI=1S/C14F32O2Si/c15-1(16,2(17,18)4(21,22)8(28,29)30)3(19,20)7(27,5(23,24)9(31,32)33)47-49(14(44,45)46,13(42,43)11(37,38)39)48-12(40,41)6(25,26)10(34,35)36. The molecule has 0 fully saturated rings. The summed E-state index contributed by atoms with van der Waals surface area (Å²) in [5.74, 6) is -77.8. The molecule has 0 spiro atoms. The number of hydrogen-bond donors (Lipinski definition) is 0. The van der Waals surface area contributed by atoms with Gasteiger partial charge in [0.2, 0.25) is 0 Å². The topological polar surface area (TPSA) is 18.5 Å². The average Bonchev–Trinajstić information content (AvgIpc) is 2.78. The molecule has 0 rings (SSSR count). The van der Waals surface area contributed by atoms with Crippen molar-refractivity contribution in [2.24, 2.45) is 0 Å². The summed E-state index contributed by atoms with van der Waals surface area (Å²) >= 11 is 0. The number of alkyl halides is 32. The highest BCUT2D eigenvalue weighted by atomic mass is 28.4. The number of hydrogen-bond acceptors (Lipinski definition) is 2. The minimum atomic E-state index is -12.3. The lowest BCUT2D eigenvalue weighted by molar-refractivity contribution is -0.484. The molecule has 0 heterocycles. The van der Waals surface area contributed by atoms with Crippen molar-refractivity contribution in [3.05, 3.63) is 0 Å². The van der Waals surface area contributed by atoms with Crippen LogP contribution in [0.15, 0.2) is 0 Å². The van der Waals surface area contributed by atoms with Gasteiger partial charge in [-0.25, -0.2) is 0 Å². The minimum Gasteiger partial charge on any atom is -0.342 e. The maximum atomic E-state index is 14.9. The fraction of sp³-hybridized carbons (Fsp3) is 1.00. The summed E-state index contributed by atoms with van der Waals surface area (Å²) < 4.78 is 425. The second-order valence-corrected chi connectivity index (χ2v) is 11.3. The SMILES string of the molecule is FC(F)(F)C(F)(F)C(F)(F)O[Si](OC(F)(C(F)(F)C(F)(F)F)C(F)(F)C(F)(F)C(F)(F)C(F)(F)C(F)(F)F)(C(F)(F)F)C(F)(F)C(F)(F)F. The fourth-order valence-electron chi connectivity index (χ4n) is 2.52. The van der Waals surface area contributed by atoms with Gasteiger partial charge in [0.05, 0.1) is 0 Å². The molecule has 2 nitrogen and oxygen atoms in total. The first-order chi connectivity index (χ1) is 20.4. The first kappa shape index (κ1) is 46.9. The van der Waals surface area contributed by atoms with Gasteiger partial charge in [0.15, 0.2) is 0 Å². The molecule has 2 atom stereocenters. The van der Waals surface area contributed by atoms with Crippen LogP contribution in [0.2, 0.25) is 0 Å². The molecular weight excluding hydrogens is 836 g/mol. The maximum absolute atomic E-state index is 14.9. The lowest BCUT2D eigenvalue weighted by Crippen LogP contribution is -2.83. The molecular formula is C14F32O2Si. The molecule has 0 bridgehead atoms. The largest absolute Gasteiger partial charge is 0.549 e. The van der Waals surface area contributed by atoms with Crippen molar-refractivity contribution in [3.8, 4) is 0 Å². The predicted octanol–water partition coefficient (Wildman–Crippen LogP) is 10.1. The normalized spacial score (nSPS) is 19.1. The fourth-order valence-corrected chi connectivity index (χ4v) is 4.92. The van der Waals surface area contributed by atoms with E-state index >= 15 is 0 Å². The Bertz CT molecular complexity index is 1180. The van der Waals surface area contributed by atoms with Crippen LogP contribution in [-0.4, -0.2) is 92.1 Å². The van der Waals surface area contributed by atoms with Crippen molar-refractivity contribution in [1.82, 2.24) is 0 Å². The van der Waals surface area contributed by atoms with Crippen LogP contribution in [0.25, 0.3) is 0 Å². The molecule has 296 valence electrons. The van der Waals surface area contributed by atoms with E-state index in [1.807, 2.05) is 0 Å². The third kappa shape index (κ3) is 6.36. The quantitative estimate of drug-likeness (QED) is 0.153. The van der Waals surface area contributed by atoms with Crippen LogP contribution in [0, 0.1) is 0 Å². The maximum Gasteiger partial charge on any atom is 0.549 e. The molecule has 49 heavy (non-hydrogen) atoms. The molecule has 0 aliphatic carbocycles. The van der Waals surface area contributed by atoms with Crippen LogP contribution < -0.4 is 0 Å². The molecule has 35 heteroatoms. The van der Waals surface area contributed by atoms with E-state index < -0.39 is 92.1 Å². The van der Waals surface area contributed by atoms with Gasteiger partial charge in [-0.2, -0.15) is 140 Å². The summed E-state index contributed by atoms with van der Waals surface area (Å²) in [4.78, 5) is 0. The Labute approximate surface area is 243 Å². The predicted molar refractivity (Wildman–Crippen MR) is 81.6 cm³/mol. The first-order valence-electron chi connectivity index (χ1n) is 9.86. The molecule has 0 saturated heterocycles. The summed E-state index contributed by atoms with van der Waals surface area (Å²) in [6.45, 7) is 0. The van der Waals surface area contributed by atoms with Crippen molar-refractivity contribution in [1.29, 1.82) is 0 Å². The Morgan fingerprint density at radius 1 is 0.265 bits per heavy atom. The van der Waals surface area contributed by atoms with Crippen LogP contribution in [0.3, 0.4) is 0 Å². The van der Waals surface area contributed by atoms with E-state index in [1.165, 1.54) is 0 Å². The molecule has 2 unspecified atom stereocenters. The van der Waals surface area contributed by atoms with E-state index in [-0.39, 0.29) is 0 Å². The van der Waals surface area contributed by atoms with Crippen LogP contribution >= 0.6 is 0 Å². The Kier molecular flexibility index (Phi) is 11.0. The van der Waals surface area contributed by atoms with Crippen molar-refractivity contribution in [3.63, 3.8) is 0 Å². The van der Waals surface area contributed by atoms with E-state index in [0.717, 1.165) is 4.43 Å². The van der Waals surface area contributed by atoms with E-state index in [0.29, 0.717) is 4.43 Å². The van der Waals surface area contributed by atoms with Gasteiger partial charge in [-0.1, -0.05) is 0 Å². The molecule has 0 saturated carbocycles. The lowest BCUT2D eigenvalue weighted by Gasteiger charge is -2.49. The van der Waals surface area contributed by atoms with Crippen molar-refractivity contribution in [2.75, 3.05) is 0 Å². The third-order valence-corrected chi connectivity index (χ3v) is 8.09. The highest BCUT2D eigenvalue weighted by Gasteiger charge is 3.00. The highest BCUT2D eigenvalue weighted by molar-refractivity contribution is 6.72. The van der Waals surface area contributed by atoms with Gasteiger partial charge in [0.1, 0.15) is 0 Å². The van der Waals surface area contributed by atoms with E-state index in [2.05, 4.69) is 0 Å². The monoisotopic (exact) mass is 836 g/mol. The zero-order chi connectivity index (χ0) is 40.9. The van der Waals surface area contributed by atoms with Crippen molar-refractivity contribution < 1.29 is 149 Å². The molecule has 0 radical (unpaired) electrons. The van der Waals surface area contributed by atoms with Gasteiger partial charge in [-0.3, -0.25) is 0 Å². The Balaban J connectivity index is 8.91. The number of halogens is 32. The zero-order valence-electron chi connectivity index (χ0n) is 20.4. The summed E-state index contributed by atoms with van der Waals surface area (Å²) in [7, 11) is -12.3. The van der Waals surface area contributed by atoms with Crippen LogP contribution in [-0.2, 0) is 8.85 Å². The van der Waals surface area contributed by atoms with E-state index in [4.69, 9.17) is 0 Å². The summed E-state index contributed by atoms with van der Waals surface area (Å²) in [5.41, 5.74) is -9.62. The van der Waals surface area contributed by atoms with Gasteiger partial charge < -0.3 is 8.85 Å². The van der Waals surface area contributed by atoms with Gasteiger partial charge in [-0.15, -0.1) is 0 Å². The smallest absolute Gasteiger partial charge is 0.342 e. The number of rotatable bonds is 11. The average molecular weight is 836 g/mol. The van der Waals surface area contributed by atoms with Crippen LogP contribution in [0.1, 0.15) is 0 Å².